The molecule has 0 heterocycles. The predicted molar refractivity (Wildman–Crippen MR) is 78.7 cm³/mol. The number of hydrogen-bond donors (Lipinski definition) is 0. The van der Waals surface area contributed by atoms with Gasteiger partial charge in [-0.05, 0) is 18.6 Å². The first-order valence-corrected chi connectivity index (χ1v) is 6.44. The van der Waals surface area contributed by atoms with Gasteiger partial charge in [-0.15, -0.1) is 0 Å². The Morgan fingerprint density at radius 3 is 2.14 bits per heavy atom. The lowest BCUT2D eigenvalue weighted by molar-refractivity contribution is -0.423. The molecule has 0 saturated carbocycles. The van der Waals surface area contributed by atoms with Crippen LogP contribution < -0.4 is 0 Å². The van der Waals surface area contributed by atoms with Gasteiger partial charge in [-0.25, -0.2) is 0 Å². The summed E-state index contributed by atoms with van der Waals surface area (Å²) in [5.41, 5.74) is 0.268. The lowest BCUT2D eigenvalue weighted by atomic mass is 10.00. The van der Waals surface area contributed by atoms with Gasteiger partial charge in [-0.1, -0.05) is 41.9 Å². The minimum absolute atomic E-state index is 0.164. The molecular formula is C14H11ClN2O4. The zero-order valence-corrected chi connectivity index (χ0v) is 11.8. The molecule has 0 saturated heterocycles. The fourth-order valence-electron chi connectivity index (χ4n) is 2.15. The van der Waals surface area contributed by atoms with Crippen molar-refractivity contribution in [1.82, 2.24) is 0 Å². The maximum Gasteiger partial charge on any atom is 0.349 e. The summed E-state index contributed by atoms with van der Waals surface area (Å²) >= 11 is 6.04. The highest BCUT2D eigenvalue weighted by Gasteiger charge is 2.30. The van der Waals surface area contributed by atoms with E-state index in [0.717, 1.165) is 0 Å². The first kappa shape index (κ1) is 14.9. The van der Waals surface area contributed by atoms with Gasteiger partial charge in [-0.3, -0.25) is 20.2 Å². The van der Waals surface area contributed by atoms with Gasteiger partial charge in [0.15, 0.2) is 0 Å². The predicted octanol–water partition coefficient (Wildman–Crippen LogP) is 4.06. The molecule has 0 amide bonds. The largest absolute Gasteiger partial charge is 0.349 e. The average molecular weight is 307 g/mol. The third-order valence-electron chi connectivity index (χ3n) is 3.14. The molecule has 0 atom stereocenters. The SMILES string of the molecule is Cc1ccc(Cc2ccccc2Cl)c([N+](=O)[O-])c1[N+](=O)[O-]. The number of rotatable bonds is 4. The van der Waals surface area contributed by atoms with Gasteiger partial charge in [0.05, 0.1) is 9.85 Å². The Morgan fingerprint density at radius 2 is 1.57 bits per heavy atom. The summed E-state index contributed by atoms with van der Waals surface area (Å²) in [4.78, 5) is 20.9. The molecule has 2 rings (SSSR count). The molecule has 108 valence electrons. The standard InChI is InChI=1S/C14H11ClN2O4/c1-9-6-7-11(8-10-4-2-3-5-12(10)15)14(17(20)21)13(9)16(18)19/h2-7H,8H2,1H3. The molecule has 0 fully saturated rings. The molecule has 0 aliphatic rings. The maximum atomic E-state index is 11.2. The lowest BCUT2D eigenvalue weighted by Crippen LogP contribution is -2.03. The average Bonchev–Trinajstić information content (AvgIpc) is 2.42. The number of halogens is 1. The third-order valence-corrected chi connectivity index (χ3v) is 3.51. The number of nitro groups is 2. The Bertz CT molecular complexity index is 731. The second kappa shape index (κ2) is 5.88. The molecule has 0 aromatic heterocycles. The van der Waals surface area contributed by atoms with Crippen molar-refractivity contribution in [3.05, 3.63) is 78.3 Å². The third kappa shape index (κ3) is 3.00. The topological polar surface area (TPSA) is 86.3 Å². The van der Waals surface area contributed by atoms with Gasteiger partial charge < -0.3 is 0 Å². The fourth-order valence-corrected chi connectivity index (χ4v) is 2.35. The normalized spacial score (nSPS) is 10.4. The Morgan fingerprint density at radius 1 is 0.952 bits per heavy atom. The van der Waals surface area contributed by atoms with Crippen LogP contribution in [-0.2, 0) is 6.42 Å². The number of hydrogen-bond acceptors (Lipinski definition) is 4. The molecule has 0 aliphatic heterocycles. The Kier molecular flexibility index (Phi) is 4.18. The molecule has 0 unspecified atom stereocenters. The van der Waals surface area contributed by atoms with Crippen molar-refractivity contribution < 1.29 is 9.85 Å². The van der Waals surface area contributed by atoms with Crippen LogP contribution in [-0.4, -0.2) is 9.85 Å². The molecule has 0 aliphatic carbocycles. The van der Waals surface area contributed by atoms with E-state index in [1.54, 1.807) is 24.3 Å². The summed E-state index contributed by atoms with van der Waals surface area (Å²) < 4.78 is 0. The number of nitro benzene ring substituents is 2. The van der Waals surface area contributed by atoms with Gasteiger partial charge >= 0.3 is 11.4 Å². The van der Waals surface area contributed by atoms with Crippen LogP contribution in [0.4, 0.5) is 11.4 Å². The minimum atomic E-state index is -0.719. The van der Waals surface area contributed by atoms with Gasteiger partial charge in [0.1, 0.15) is 0 Å². The van der Waals surface area contributed by atoms with Crippen LogP contribution in [0.5, 0.6) is 0 Å². The van der Waals surface area contributed by atoms with Crippen LogP contribution in [0.2, 0.25) is 5.02 Å². The van der Waals surface area contributed by atoms with Crippen molar-refractivity contribution >= 4 is 23.0 Å². The van der Waals surface area contributed by atoms with Gasteiger partial charge in [0.2, 0.25) is 0 Å². The van der Waals surface area contributed by atoms with Gasteiger partial charge in [-0.2, -0.15) is 0 Å². The van der Waals surface area contributed by atoms with E-state index in [2.05, 4.69) is 0 Å². The van der Waals surface area contributed by atoms with Gasteiger partial charge in [0, 0.05) is 22.6 Å². The maximum absolute atomic E-state index is 11.2. The molecule has 0 radical (unpaired) electrons. The molecule has 6 nitrogen and oxygen atoms in total. The summed E-state index contributed by atoms with van der Waals surface area (Å²) in [7, 11) is 0. The van der Waals surface area contributed by atoms with Crippen molar-refractivity contribution in [3.8, 4) is 0 Å². The van der Waals surface area contributed by atoms with E-state index in [1.165, 1.54) is 19.1 Å². The molecule has 2 aromatic rings. The van der Waals surface area contributed by atoms with Crippen LogP contribution in [0.3, 0.4) is 0 Å². The smallest absolute Gasteiger partial charge is 0.258 e. The Balaban J connectivity index is 2.59. The van der Waals surface area contributed by atoms with Crippen molar-refractivity contribution in [1.29, 1.82) is 0 Å². The summed E-state index contributed by atoms with van der Waals surface area (Å²) in [6.07, 6.45) is 0.164. The van der Waals surface area contributed by atoms with Crippen molar-refractivity contribution in [2.45, 2.75) is 13.3 Å². The van der Waals surface area contributed by atoms with Crippen LogP contribution in [0.25, 0.3) is 0 Å². The molecule has 7 heteroatoms. The first-order chi connectivity index (χ1) is 9.91. The van der Waals surface area contributed by atoms with Crippen LogP contribution in [0.1, 0.15) is 16.7 Å². The Hall–Kier alpha value is -2.47. The number of benzene rings is 2. The molecule has 2 aromatic carbocycles. The number of nitrogens with zero attached hydrogens (tertiary/aromatic N) is 2. The number of aryl methyl sites for hydroxylation is 1. The van der Waals surface area contributed by atoms with Crippen LogP contribution in [0.15, 0.2) is 36.4 Å². The summed E-state index contributed by atoms with van der Waals surface area (Å²) in [6.45, 7) is 1.48. The van der Waals surface area contributed by atoms with Crippen molar-refractivity contribution in [2.75, 3.05) is 0 Å². The zero-order chi connectivity index (χ0) is 15.6. The van der Waals surface area contributed by atoms with Crippen LogP contribution in [0, 0.1) is 27.2 Å². The van der Waals surface area contributed by atoms with Crippen LogP contribution >= 0.6 is 11.6 Å². The van der Waals surface area contributed by atoms with E-state index >= 15 is 0 Å². The minimum Gasteiger partial charge on any atom is -0.258 e. The van der Waals surface area contributed by atoms with E-state index < -0.39 is 21.2 Å². The van der Waals surface area contributed by atoms with Crippen molar-refractivity contribution in [3.63, 3.8) is 0 Å². The molecule has 21 heavy (non-hydrogen) atoms. The van der Waals surface area contributed by atoms with E-state index in [-0.39, 0.29) is 17.5 Å². The molecule has 0 spiro atoms. The molecule has 0 bridgehead atoms. The second-order valence-electron chi connectivity index (χ2n) is 4.52. The summed E-state index contributed by atoms with van der Waals surface area (Å²) in [5, 5.41) is 22.8. The fraction of sp³-hybridized carbons (Fsp3) is 0.143. The highest BCUT2D eigenvalue weighted by molar-refractivity contribution is 6.31. The molecular weight excluding hydrogens is 296 g/mol. The highest BCUT2D eigenvalue weighted by atomic mass is 35.5. The van der Waals surface area contributed by atoms with E-state index in [0.29, 0.717) is 10.6 Å². The van der Waals surface area contributed by atoms with E-state index in [4.69, 9.17) is 11.6 Å². The quantitative estimate of drug-likeness (QED) is 0.629. The summed E-state index contributed by atoms with van der Waals surface area (Å²) in [6, 6.07) is 9.96. The van der Waals surface area contributed by atoms with E-state index in [9.17, 15) is 20.2 Å². The molecule has 0 N–H and O–H groups in total. The zero-order valence-electron chi connectivity index (χ0n) is 11.1. The summed E-state index contributed by atoms with van der Waals surface area (Å²) in [5.74, 6) is 0. The second-order valence-corrected chi connectivity index (χ2v) is 4.93. The monoisotopic (exact) mass is 306 g/mol. The first-order valence-electron chi connectivity index (χ1n) is 6.06. The Labute approximate surface area is 125 Å². The van der Waals surface area contributed by atoms with Crippen molar-refractivity contribution in [2.24, 2.45) is 0 Å². The van der Waals surface area contributed by atoms with E-state index in [1.807, 2.05) is 0 Å². The van der Waals surface area contributed by atoms with Gasteiger partial charge in [0.25, 0.3) is 0 Å². The highest BCUT2D eigenvalue weighted by Crippen LogP contribution is 2.35. The lowest BCUT2D eigenvalue weighted by Gasteiger charge is -2.07.